The number of amides is 1. The van der Waals surface area contributed by atoms with Crippen LogP contribution in [0.3, 0.4) is 0 Å². The van der Waals surface area contributed by atoms with Crippen LogP contribution < -0.4 is 20.5 Å². The van der Waals surface area contributed by atoms with Crippen molar-refractivity contribution in [3.05, 3.63) is 41.6 Å². The molecule has 0 saturated carbocycles. The predicted molar refractivity (Wildman–Crippen MR) is 97.3 cm³/mol. The fraction of sp³-hybridized carbons (Fsp3) is 0.235. The number of rotatable bonds is 8. The molecule has 3 rings (SSSR count). The zero-order valence-corrected chi connectivity index (χ0v) is 15.1. The van der Waals surface area contributed by atoms with Gasteiger partial charge in [0.15, 0.2) is 18.1 Å². The van der Waals surface area contributed by atoms with E-state index >= 15 is 0 Å². The molecule has 8 nitrogen and oxygen atoms in total. The summed E-state index contributed by atoms with van der Waals surface area (Å²) in [7, 11) is 1.52. The zero-order valence-electron chi connectivity index (χ0n) is 14.3. The van der Waals surface area contributed by atoms with Crippen molar-refractivity contribution in [2.24, 2.45) is 5.73 Å². The van der Waals surface area contributed by atoms with Gasteiger partial charge in [-0.05, 0) is 30.5 Å². The number of ether oxygens (including phenoxy) is 2. The lowest BCUT2D eigenvalue weighted by molar-refractivity contribution is -0.119. The van der Waals surface area contributed by atoms with E-state index in [1.54, 1.807) is 23.5 Å². The van der Waals surface area contributed by atoms with Gasteiger partial charge >= 0.3 is 0 Å². The molecule has 1 aromatic carbocycles. The van der Waals surface area contributed by atoms with Crippen molar-refractivity contribution >= 4 is 22.9 Å². The number of hydrogen-bond donors (Lipinski definition) is 2. The maximum absolute atomic E-state index is 10.9. The molecule has 9 heteroatoms. The molecule has 0 saturated heterocycles. The maximum atomic E-state index is 10.9. The molecule has 0 aliphatic heterocycles. The summed E-state index contributed by atoms with van der Waals surface area (Å²) < 4.78 is 15.9. The summed E-state index contributed by atoms with van der Waals surface area (Å²) >= 11 is 1.55. The quantitative estimate of drug-likeness (QED) is 0.623. The minimum absolute atomic E-state index is 0.228. The van der Waals surface area contributed by atoms with E-state index in [1.165, 1.54) is 7.11 Å². The summed E-state index contributed by atoms with van der Waals surface area (Å²) in [5.41, 5.74) is 5.87. The lowest BCUT2D eigenvalue weighted by Gasteiger charge is -2.14. The summed E-state index contributed by atoms with van der Waals surface area (Å²) in [5.74, 6) is 1.37. The highest BCUT2D eigenvalue weighted by molar-refractivity contribution is 7.13. The average molecular weight is 374 g/mol. The monoisotopic (exact) mass is 374 g/mol. The number of nitrogens with two attached hydrogens (primary N) is 1. The van der Waals surface area contributed by atoms with Gasteiger partial charge < -0.3 is 25.0 Å². The fourth-order valence-electron chi connectivity index (χ4n) is 2.26. The molecule has 0 unspecified atom stereocenters. The smallest absolute Gasteiger partial charge is 0.255 e. The minimum Gasteiger partial charge on any atom is -0.493 e. The van der Waals surface area contributed by atoms with Gasteiger partial charge in [0.1, 0.15) is 6.04 Å². The van der Waals surface area contributed by atoms with Gasteiger partial charge in [0.05, 0.1) is 12.0 Å². The fourth-order valence-corrected chi connectivity index (χ4v) is 2.91. The molecule has 0 fully saturated rings. The van der Waals surface area contributed by atoms with E-state index in [2.05, 4.69) is 15.5 Å². The second-order valence-electron chi connectivity index (χ2n) is 5.42. The number of carbonyl (C=O) groups is 1. The molecule has 1 amide bonds. The Morgan fingerprint density at radius 1 is 1.38 bits per heavy atom. The Labute approximate surface area is 153 Å². The summed E-state index contributed by atoms with van der Waals surface area (Å²) in [5, 5.41) is 9.21. The van der Waals surface area contributed by atoms with Crippen LogP contribution >= 0.6 is 11.3 Å². The first kappa shape index (κ1) is 17.7. The van der Waals surface area contributed by atoms with Crippen LogP contribution in [0.1, 0.15) is 18.9 Å². The van der Waals surface area contributed by atoms with E-state index in [-0.39, 0.29) is 12.6 Å². The van der Waals surface area contributed by atoms with E-state index in [1.807, 2.05) is 30.5 Å². The summed E-state index contributed by atoms with van der Waals surface area (Å²) in [6, 6.07) is 8.91. The van der Waals surface area contributed by atoms with Crippen molar-refractivity contribution in [2.45, 2.75) is 13.0 Å². The van der Waals surface area contributed by atoms with Crippen molar-refractivity contribution in [3.8, 4) is 22.2 Å². The molecular weight excluding hydrogens is 356 g/mol. The van der Waals surface area contributed by atoms with Crippen LogP contribution in [0.2, 0.25) is 0 Å². The summed E-state index contributed by atoms with van der Waals surface area (Å²) in [4.78, 5) is 16.3. The molecule has 3 aromatic rings. The van der Waals surface area contributed by atoms with E-state index in [0.717, 1.165) is 10.6 Å². The van der Waals surface area contributed by atoms with Crippen molar-refractivity contribution in [1.82, 2.24) is 10.1 Å². The molecule has 2 aromatic heterocycles. The molecule has 3 N–H and O–H groups in total. The second-order valence-corrected chi connectivity index (χ2v) is 6.37. The van der Waals surface area contributed by atoms with Crippen molar-refractivity contribution < 1.29 is 18.8 Å². The molecule has 0 radical (unpaired) electrons. The number of primary amides is 1. The van der Waals surface area contributed by atoms with Crippen molar-refractivity contribution in [3.63, 3.8) is 0 Å². The number of nitrogens with one attached hydrogen (secondary N) is 1. The van der Waals surface area contributed by atoms with Gasteiger partial charge in [-0.15, -0.1) is 11.3 Å². The third-order valence-corrected chi connectivity index (χ3v) is 4.34. The number of anilines is 1. The summed E-state index contributed by atoms with van der Waals surface area (Å²) in [6.45, 7) is 1.67. The number of methoxy groups -OCH3 is 1. The lowest BCUT2D eigenvalue weighted by atomic mass is 10.2. The number of aromatic nitrogens is 2. The molecular formula is C17H18N4O4S. The second kappa shape index (κ2) is 7.87. The Hall–Kier alpha value is -3.07. The van der Waals surface area contributed by atoms with Crippen LogP contribution in [0.4, 0.5) is 5.69 Å². The van der Waals surface area contributed by atoms with E-state index in [4.69, 9.17) is 19.7 Å². The largest absolute Gasteiger partial charge is 0.493 e. The van der Waals surface area contributed by atoms with E-state index < -0.39 is 5.91 Å². The van der Waals surface area contributed by atoms with Gasteiger partial charge in [0, 0.05) is 11.8 Å². The highest BCUT2D eigenvalue weighted by atomic mass is 32.1. The highest BCUT2D eigenvalue weighted by Crippen LogP contribution is 2.32. The lowest BCUT2D eigenvalue weighted by Crippen LogP contribution is -2.20. The minimum atomic E-state index is -0.564. The first-order valence-electron chi connectivity index (χ1n) is 7.80. The molecule has 0 aliphatic rings. The molecule has 136 valence electrons. The Kier molecular flexibility index (Phi) is 5.37. The standard InChI is InChI=1S/C17H18N4O4S/c1-10(17-20-16(21-25-17)14-4-3-7-26-14)19-11-5-6-12(23-2)13(8-11)24-9-15(18)22/h3-8,10,19H,9H2,1-2H3,(H2,18,22)/t10-/m1/s1. The first-order valence-corrected chi connectivity index (χ1v) is 8.68. The van der Waals surface area contributed by atoms with Crippen molar-refractivity contribution in [2.75, 3.05) is 19.0 Å². The molecule has 1 atom stereocenters. The van der Waals surface area contributed by atoms with Gasteiger partial charge in [-0.25, -0.2) is 0 Å². The molecule has 26 heavy (non-hydrogen) atoms. The first-order chi connectivity index (χ1) is 12.6. The van der Waals surface area contributed by atoms with Crippen LogP contribution in [0, 0.1) is 0 Å². The number of nitrogens with zero attached hydrogens (tertiary/aromatic N) is 2. The Balaban J connectivity index is 1.73. The third-order valence-electron chi connectivity index (χ3n) is 3.47. The third kappa shape index (κ3) is 4.12. The number of carbonyl (C=O) groups excluding carboxylic acids is 1. The highest BCUT2D eigenvalue weighted by Gasteiger charge is 2.16. The van der Waals surface area contributed by atoms with Crippen molar-refractivity contribution in [1.29, 1.82) is 0 Å². The van der Waals surface area contributed by atoms with Crippen LogP contribution in [-0.4, -0.2) is 29.8 Å². The normalized spacial score (nSPS) is 11.8. The predicted octanol–water partition coefficient (Wildman–Crippen LogP) is 2.84. The molecule has 0 bridgehead atoms. The number of benzene rings is 1. The van der Waals surface area contributed by atoms with Crippen LogP contribution in [0.25, 0.3) is 10.7 Å². The van der Waals surface area contributed by atoms with E-state index in [0.29, 0.717) is 23.2 Å². The molecule has 0 aliphatic carbocycles. The number of hydrogen-bond acceptors (Lipinski definition) is 8. The SMILES string of the molecule is COc1ccc(N[C@H](C)c2nc(-c3cccs3)no2)cc1OCC(N)=O. The molecule has 2 heterocycles. The Morgan fingerprint density at radius 3 is 2.92 bits per heavy atom. The van der Waals surface area contributed by atoms with Crippen LogP contribution in [0.15, 0.2) is 40.2 Å². The van der Waals surface area contributed by atoms with Gasteiger partial charge in [-0.3, -0.25) is 4.79 Å². The average Bonchev–Trinajstić information content (AvgIpc) is 3.31. The molecule has 0 spiro atoms. The van der Waals surface area contributed by atoms with Gasteiger partial charge in [0.2, 0.25) is 11.7 Å². The van der Waals surface area contributed by atoms with Crippen LogP contribution in [0.5, 0.6) is 11.5 Å². The Bertz CT molecular complexity index is 879. The maximum Gasteiger partial charge on any atom is 0.255 e. The summed E-state index contributed by atoms with van der Waals surface area (Å²) in [6.07, 6.45) is 0. The number of thiophene rings is 1. The van der Waals surface area contributed by atoms with Crippen LogP contribution in [-0.2, 0) is 4.79 Å². The topological polar surface area (TPSA) is 112 Å². The van der Waals surface area contributed by atoms with Gasteiger partial charge in [0.25, 0.3) is 5.91 Å². The van der Waals surface area contributed by atoms with Gasteiger partial charge in [-0.1, -0.05) is 11.2 Å². The van der Waals surface area contributed by atoms with Gasteiger partial charge in [-0.2, -0.15) is 4.98 Å². The Morgan fingerprint density at radius 2 is 2.23 bits per heavy atom. The zero-order chi connectivity index (χ0) is 18.5. The van der Waals surface area contributed by atoms with E-state index in [9.17, 15) is 4.79 Å².